The number of carbonyl (C=O) groups excluding carboxylic acids is 1. The van der Waals surface area contributed by atoms with Crippen LogP contribution in [-0.4, -0.2) is 21.9 Å². The fraction of sp³-hybridized carbons (Fsp3) is 0.375. The summed E-state index contributed by atoms with van der Waals surface area (Å²) in [4.78, 5) is 23.4. The first-order valence-corrected chi connectivity index (χ1v) is 10.8. The molecule has 0 saturated heterocycles. The Kier molecular flexibility index (Phi) is 4.50. The van der Waals surface area contributed by atoms with E-state index >= 15 is 0 Å². The number of carbonyl (C=O) groups is 1. The molecule has 7 heteroatoms. The lowest BCUT2D eigenvalue weighted by Crippen LogP contribution is -2.42. The lowest BCUT2D eigenvalue weighted by atomic mass is 9.87. The van der Waals surface area contributed by atoms with Crippen LogP contribution in [0.2, 0.25) is 0 Å². The third-order valence-corrected chi connectivity index (χ3v) is 6.57. The van der Waals surface area contributed by atoms with Crippen molar-refractivity contribution >= 4 is 34.4 Å². The first-order chi connectivity index (χ1) is 14.8. The Hall–Kier alpha value is -3.35. The van der Waals surface area contributed by atoms with Gasteiger partial charge in [0.15, 0.2) is 0 Å². The van der Waals surface area contributed by atoms with Crippen molar-refractivity contribution in [1.29, 1.82) is 0 Å². The van der Waals surface area contributed by atoms with Crippen molar-refractivity contribution in [3.63, 3.8) is 0 Å². The molecule has 2 aliphatic rings. The summed E-state index contributed by atoms with van der Waals surface area (Å²) in [7, 11) is 0. The van der Waals surface area contributed by atoms with Gasteiger partial charge in [0, 0.05) is 12.1 Å². The molecular weight excluding hydrogens is 388 g/mol. The van der Waals surface area contributed by atoms with Gasteiger partial charge < -0.3 is 16.0 Å². The summed E-state index contributed by atoms with van der Waals surface area (Å²) >= 11 is 0. The van der Waals surface area contributed by atoms with Gasteiger partial charge in [-0.15, -0.1) is 0 Å². The van der Waals surface area contributed by atoms with E-state index in [0.717, 1.165) is 29.0 Å². The van der Waals surface area contributed by atoms with Gasteiger partial charge in [-0.1, -0.05) is 50.0 Å². The Bertz CT molecular complexity index is 1160. The molecular formula is C24H29N6O+. The molecule has 2 heterocycles. The molecule has 6 N–H and O–H groups in total. The molecule has 1 aromatic carbocycles. The van der Waals surface area contributed by atoms with Crippen molar-refractivity contribution in [1.82, 2.24) is 9.97 Å². The van der Waals surface area contributed by atoms with Gasteiger partial charge in [0.05, 0.1) is 23.0 Å². The van der Waals surface area contributed by atoms with Gasteiger partial charge in [0.25, 0.3) is 0 Å². The summed E-state index contributed by atoms with van der Waals surface area (Å²) in [5, 5.41) is 7.89. The van der Waals surface area contributed by atoms with E-state index in [1.54, 1.807) is 0 Å². The van der Waals surface area contributed by atoms with E-state index < -0.39 is 0 Å². The van der Waals surface area contributed by atoms with Crippen molar-refractivity contribution in [2.45, 2.75) is 38.6 Å². The van der Waals surface area contributed by atoms with Gasteiger partial charge in [-0.25, -0.2) is 4.98 Å². The number of benzene rings is 1. The van der Waals surface area contributed by atoms with Crippen molar-refractivity contribution in [3.05, 3.63) is 54.2 Å². The maximum Gasteiger partial charge on any atom is 0.351 e. The molecule has 3 aromatic rings. The van der Waals surface area contributed by atoms with Crippen LogP contribution in [0.25, 0.3) is 11.0 Å². The predicted octanol–water partition coefficient (Wildman–Crippen LogP) is 3.51. The number of anilines is 3. The molecule has 0 spiro atoms. The number of hydrogen-bond acceptors (Lipinski definition) is 4. The number of nitrogens with two attached hydrogens (primary N) is 1. The molecule has 4 atom stereocenters. The fourth-order valence-corrected chi connectivity index (χ4v) is 4.92. The Morgan fingerprint density at radius 1 is 1.16 bits per heavy atom. The zero-order valence-electron chi connectivity index (χ0n) is 18.1. The number of allylic oxidation sites excluding steroid dienone is 1. The van der Waals surface area contributed by atoms with Crippen LogP contribution in [-0.2, 0) is 10.2 Å². The van der Waals surface area contributed by atoms with Crippen LogP contribution in [0.5, 0.6) is 0 Å². The van der Waals surface area contributed by atoms with Crippen LogP contribution in [0, 0.1) is 17.8 Å². The number of nitrogens with one attached hydrogen (secondary N) is 4. The van der Waals surface area contributed by atoms with E-state index in [0.29, 0.717) is 11.9 Å². The summed E-state index contributed by atoms with van der Waals surface area (Å²) < 4.78 is 0. The topological polar surface area (TPSA) is 110 Å². The van der Waals surface area contributed by atoms with Crippen LogP contribution >= 0.6 is 0 Å². The Morgan fingerprint density at radius 3 is 2.61 bits per heavy atom. The molecule has 2 aliphatic carbocycles. The maximum atomic E-state index is 12.1. The van der Waals surface area contributed by atoms with E-state index in [-0.39, 0.29) is 29.2 Å². The third-order valence-electron chi connectivity index (χ3n) is 6.57. The highest BCUT2D eigenvalue weighted by molar-refractivity contribution is 5.87. The first-order valence-electron chi connectivity index (χ1n) is 10.8. The second-order valence-electron chi connectivity index (χ2n) is 9.70. The van der Waals surface area contributed by atoms with E-state index in [9.17, 15) is 4.79 Å². The minimum Gasteiger partial charge on any atom is -0.369 e. The van der Waals surface area contributed by atoms with Crippen LogP contribution in [0.1, 0.15) is 32.8 Å². The summed E-state index contributed by atoms with van der Waals surface area (Å²) in [6.45, 7) is 6.60. The summed E-state index contributed by atoms with van der Waals surface area (Å²) in [6, 6.07) is 10.3. The number of amides is 1. The zero-order valence-corrected chi connectivity index (χ0v) is 18.1. The number of rotatable bonds is 5. The van der Waals surface area contributed by atoms with Crippen LogP contribution in [0.3, 0.4) is 0 Å². The van der Waals surface area contributed by atoms with Gasteiger partial charge in [0.1, 0.15) is 0 Å². The summed E-state index contributed by atoms with van der Waals surface area (Å²) in [5.74, 6) is 1.53. The Balaban J connectivity index is 1.44. The second kappa shape index (κ2) is 7.11. The number of fused-ring (bicyclic) bond motifs is 3. The average Bonchev–Trinajstić information content (AvgIpc) is 3.43. The summed E-state index contributed by atoms with van der Waals surface area (Å²) in [5.41, 5.74) is 8.84. The van der Waals surface area contributed by atoms with Crippen molar-refractivity contribution < 1.29 is 9.78 Å². The number of aromatic amines is 2. The van der Waals surface area contributed by atoms with E-state index in [2.05, 4.69) is 82.8 Å². The van der Waals surface area contributed by atoms with E-state index in [1.165, 1.54) is 5.56 Å². The summed E-state index contributed by atoms with van der Waals surface area (Å²) in [6.07, 6.45) is 7.17. The molecule has 31 heavy (non-hydrogen) atoms. The average molecular weight is 418 g/mol. The van der Waals surface area contributed by atoms with Gasteiger partial charge in [-0.3, -0.25) is 10.1 Å². The molecule has 2 bridgehead atoms. The second-order valence-corrected chi connectivity index (χ2v) is 9.70. The first kappa shape index (κ1) is 19.6. The molecule has 1 fully saturated rings. The van der Waals surface area contributed by atoms with Crippen LogP contribution in [0.4, 0.5) is 17.5 Å². The molecule has 0 aliphatic heterocycles. The highest BCUT2D eigenvalue weighted by atomic mass is 16.1. The molecule has 5 rings (SSSR count). The van der Waals surface area contributed by atoms with Crippen molar-refractivity contribution in [3.8, 4) is 0 Å². The Morgan fingerprint density at radius 2 is 1.90 bits per heavy atom. The lowest BCUT2D eigenvalue weighted by molar-refractivity contribution is -0.346. The van der Waals surface area contributed by atoms with Gasteiger partial charge in [0.2, 0.25) is 17.4 Å². The van der Waals surface area contributed by atoms with Gasteiger partial charge >= 0.3 is 5.95 Å². The number of primary amides is 1. The lowest BCUT2D eigenvalue weighted by Gasteiger charge is -2.25. The molecule has 4 unspecified atom stereocenters. The minimum absolute atomic E-state index is 0.0248. The highest BCUT2D eigenvalue weighted by Gasteiger charge is 2.49. The van der Waals surface area contributed by atoms with E-state index in [1.807, 2.05) is 12.3 Å². The number of hydrogen-bond donors (Lipinski definition) is 4. The number of nitrogens with zero attached hydrogens (tertiary/aromatic N) is 1. The fourth-order valence-electron chi connectivity index (χ4n) is 4.92. The standard InChI is InChI=1S/C24H28N6O/c1-24(2,3)15-6-8-16(9-7-15)27-23-29-21-17(10-11-26-21)22(30-23)28-19-14-5-4-13(12-14)18(19)20(25)31/h4-11,13-14,18-19H,12H2,1-3H3,(H2,25,31)(H3,26,27,28,29,30)/p+1. The quantitative estimate of drug-likeness (QED) is 0.476. The zero-order chi connectivity index (χ0) is 21.8. The molecule has 1 amide bonds. The largest absolute Gasteiger partial charge is 0.369 e. The van der Waals surface area contributed by atoms with Crippen molar-refractivity contribution in [2.75, 3.05) is 10.6 Å². The molecule has 0 radical (unpaired) electrons. The van der Waals surface area contributed by atoms with Crippen LogP contribution < -0.4 is 21.4 Å². The minimum atomic E-state index is -0.244. The molecule has 7 nitrogen and oxygen atoms in total. The predicted molar refractivity (Wildman–Crippen MR) is 122 cm³/mol. The number of aromatic nitrogens is 3. The maximum absolute atomic E-state index is 12.1. The molecule has 160 valence electrons. The van der Waals surface area contributed by atoms with Gasteiger partial charge in [-0.05, 0) is 41.5 Å². The van der Waals surface area contributed by atoms with E-state index in [4.69, 9.17) is 5.73 Å². The van der Waals surface area contributed by atoms with Crippen molar-refractivity contribution in [2.24, 2.45) is 23.5 Å². The highest BCUT2D eigenvalue weighted by Crippen LogP contribution is 2.45. The normalized spacial score (nSPS) is 24.6. The number of H-pyrrole nitrogens is 2. The molecule has 2 aromatic heterocycles. The smallest absolute Gasteiger partial charge is 0.351 e. The monoisotopic (exact) mass is 417 g/mol. The van der Waals surface area contributed by atoms with Crippen LogP contribution in [0.15, 0.2) is 48.7 Å². The van der Waals surface area contributed by atoms with Gasteiger partial charge in [-0.2, -0.15) is 0 Å². The SMILES string of the molecule is CC(C)(C)c1ccc(Nc2nc3[nH]ccc3c(NC3C4C=CC(C4)C3C(N)=O)[nH+]2)cc1. The third kappa shape index (κ3) is 3.54. The Labute approximate surface area is 181 Å². The molecule has 1 saturated carbocycles.